The smallest absolute Gasteiger partial charge is 0.410 e. The van der Waals surface area contributed by atoms with Gasteiger partial charge in [0, 0.05) is 19.6 Å². The summed E-state index contributed by atoms with van der Waals surface area (Å²) < 4.78 is 10.9. The second-order valence-electron chi connectivity index (χ2n) is 9.07. The van der Waals surface area contributed by atoms with Crippen molar-refractivity contribution in [3.63, 3.8) is 0 Å². The van der Waals surface area contributed by atoms with Gasteiger partial charge in [0.1, 0.15) is 6.10 Å². The average Bonchev–Trinajstić information content (AvgIpc) is 2.66. The Labute approximate surface area is 178 Å². The van der Waals surface area contributed by atoms with Crippen molar-refractivity contribution in [1.29, 1.82) is 0 Å². The van der Waals surface area contributed by atoms with Gasteiger partial charge in [-0.05, 0) is 48.3 Å². The lowest BCUT2D eigenvalue weighted by atomic mass is 9.75. The number of carbonyl (C=O) groups excluding carboxylic acids is 2. The Balaban J connectivity index is 1.44. The van der Waals surface area contributed by atoms with E-state index in [1.165, 1.54) is 19.6 Å². The number of hydrogen-bond acceptors (Lipinski definition) is 5. The number of likely N-dealkylation sites (tertiary alicyclic amines) is 1. The average molecular weight is 419 g/mol. The number of phenolic OH excluding ortho intramolecular Hbond substituents is 1. The Morgan fingerprint density at radius 2 is 2.00 bits per heavy atom. The molecule has 2 aliphatic rings. The number of rotatable bonds is 6. The van der Waals surface area contributed by atoms with Crippen LogP contribution in [0.25, 0.3) is 0 Å². The molecule has 1 saturated heterocycles. The predicted octanol–water partition coefficient (Wildman–Crippen LogP) is 3.55. The van der Waals surface area contributed by atoms with Crippen LogP contribution in [0.3, 0.4) is 0 Å². The molecule has 1 aromatic rings. The van der Waals surface area contributed by atoms with Crippen LogP contribution < -0.4 is 10.1 Å². The van der Waals surface area contributed by atoms with Crippen LogP contribution in [0.2, 0.25) is 0 Å². The van der Waals surface area contributed by atoms with Gasteiger partial charge in [0.2, 0.25) is 5.91 Å². The highest BCUT2D eigenvalue weighted by Gasteiger charge is 2.39. The van der Waals surface area contributed by atoms with Crippen LogP contribution in [-0.4, -0.2) is 48.3 Å². The molecule has 0 radical (unpaired) electrons. The molecular weight excluding hydrogens is 384 g/mol. The van der Waals surface area contributed by atoms with Gasteiger partial charge in [-0.1, -0.05) is 33.3 Å². The third-order valence-electron chi connectivity index (χ3n) is 6.43. The number of nitrogens with zero attached hydrogens (tertiary/aromatic N) is 1. The summed E-state index contributed by atoms with van der Waals surface area (Å²) in [4.78, 5) is 26.6. The molecule has 166 valence electrons. The quantitative estimate of drug-likeness (QED) is 0.738. The van der Waals surface area contributed by atoms with Crippen molar-refractivity contribution in [1.82, 2.24) is 10.2 Å². The van der Waals surface area contributed by atoms with Gasteiger partial charge in [-0.3, -0.25) is 4.79 Å². The first kappa shape index (κ1) is 22.2. The first-order valence-corrected chi connectivity index (χ1v) is 10.9. The zero-order valence-corrected chi connectivity index (χ0v) is 18.4. The van der Waals surface area contributed by atoms with E-state index in [1.807, 2.05) is 0 Å². The second kappa shape index (κ2) is 9.58. The summed E-state index contributed by atoms with van der Waals surface area (Å²) in [7, 11) is 1.48. The van der Waals surface area contributed by atoms with Crippen LogP contribution in [0, 0.1) is 23.7 Å². The third-order valence-corrected chi connectivity index (χ3v) is 6.43. The fraction of sp³-hybridized carbons (Fsp3) is 0.652. The van der Waals surface area contributed by atoms with Crippen LogP contribution >= 0.6 is 0 Å². The highest BCUT2D eigenvalue weighted by atomic mass is 16.6. The Kier molecular flexibility index (Phi) is 7.10. The summed E-state index contributed by atoms with van der Waals surface area (Å²) in [5.74, 6) is 1.60. The number of ether oxygens (including phenoxy) is 2. The molecule has 1 saturated carbocycles. The minimum absolute atomic E-state index is 0.0291. The molecule has 1 unspecified atom stereocenters. The Hall–Kier alpha value is -2.44. The van der Waals surface area contributed by atoms with E-state index in [9.17, 15) is 14.7 Å². The van der Waals surface area contributed by atoms with E-state index in [2.05, 4.69) is 26.1 Å². The van der Waals surface area contributed by atoms with Crippen molar-refractivity contribution in [2.75, 3.05) is 20.2 Å². The van der Waals surface area contributed by atoms with Gasteiger partial charge in [0.05, 0.1) is 13.0 Å². The molecule has 1 aromatic carbocycles. The zero-order chi connectivity index (χ0) is 21.8. The fourth-order valence-corrected chi connectivity index (χ4v) is 4.41. The number of nitrogens with one attached hydrogen (secondary N) is 1. The van der Waals surface area contributed by atoms with Crippen molar-refractivity contribution in [2.24, 2.45) is 23.7 Å². The van der Waals surface area contributed by atoms with Crippen molar-refractivity contribution in [3.8, 4) is 11.5 Å². The van der Waals surface area contributed by atoms with Crippen LogP contribution in [-0.2, 0) is 16.1 Å². The Morgan fingerprint density at radius 3 is 2.67 bits per heavy atom. The minimum Gasteiger partial charge on any atom is -0.504 e. The molecule has 0 aromatic heterocycles. The third kappa shape index (κ3) is 5.18. The topological polar surface area (TPSA) is 88.1 Å². The Morgan fingerprint density at radius 1 is 1.27 bits per heavy atom. The standard InChI is InChI=1S/C23H34N2O5/c1-14(2)18-7-5-15(3)9-20(18)30-23(28)25-12-17(13-25)22(27)24-11-16-6-8-19(26)21(10-16)29-4/h6,8,10,14-15,17-18,20,26H,5,7,9,11-13H2,1-4H3,(H,24,27)/t15?,18-,20-/m0/s1. The van der Waals surface area contributed by atoms with Crippen molar-refractivity contribution < 1.29 is 24.2 Å². The molecular formula is C23H34N2O5. The predicted molar refractivity (Wildman–Crippen MR) is 113 cm³/mol. The lowest BCUT2D eigenvalue weighted by Crippen LogP contribution is -2.56. The maximum Gasteiger partial charge on any atom is 0.410 e. The van der Waals surface area contributed by atoms with Crippen molar-refractivity contribution in [2.45, 2.75) is 52.7 Å². The van der Waals surface area contributed by atoms with Crippen LogP contribution in [0.15, 0.2) is 18.2 Å². The van der Waals surface area contributed by atoms with Crippen molar-refractivity contribution in [3.05, 3.63) is 23.8 Å². The fourth-order valence-electron chi connectivity index (χ4n) is 4.41. The minimum atomic E-state index is -0.299. The molecule has 1 heterocycles. The molecule has 0 spiro atoms. The van der Waals surface area contributed by atoms with Crippen molar-refractivity contribution >= 4 is 12.0 Å². The van der Waals surface area contributed by atoms with E-state index in [1.54, 1.807) is 17.0 Å². The van der Waals surface area contributed by atoms with E-state index >= 15 is 0 Å². The number of methoxy groups -OCH3 is 1. The molecule has 0 bridgehead atoms. The molecule has 7 nitrogen and oxygen atoms in total. The molecule has 30 heavy (non-hydrogen) atoms. The van der Waals surface area contributed by atoms with E-state index in [-0.39, 0.29) is 29.8 Å². The zero-order valence-electron chi connectivity index (χ0n) is 18.4. The molecule has 3 rings (SSSR count). The van der Waals surface area contributed by atoms with Gasteiger partial charge < -0.3 is 24.8 Å². The van der Waals surface area contributed by atoms with E-state index in [4.69, 9.17) is 9.47 Å². The number of phenols is 1. The first-order valence-electron chi connectivity index (χ1n) is 10.9. The van der Waals surface area contributed by atoms with Crippen LogP contribution in [0.4, 0.5) is 4.79 Å². The summed E-state index contributed by atoms with van der Waals surface area (Å²) >= 11 is 0. The molecule has 2 N–H and O–H groups in total. The van der Waals surface area contributed by atoms with Gasteiger partial charge in [-0.25, -0.2) is 4.79 Å². The molecule has 7 heteroatoms. The van der Waals surface area contributed by atoms with E-state index in [0.29, 0.717) is 43.1 Å². The molecule has 2 fully saturated rings. The maximum atomic E-state index is 12.6. The highest BCUT2D eigenvalue weighted by molar-refractivity contribution is 5.82. The number of hydrogen-bond donors (Lipinski definition) is 2. The van der Waals surface area contributed by atoms with E-state index < -0.39 is 0 Å². The summed E-state index contributed by atoms with van der Waals surface area (Å²) in [6, 6.07) is 4.97. The van der Waals surface area contributed by atoms with Gasteiger partial charge in [-0.2, -0.15) is 0 Å². The maximum absolute atomic E-state index is 12.6. The number of carbonyl (C=O) groups is 2. The van der Waals surface area contributed by atoms with Gasteiger partial charge >= 0.3 is 6.09 Å². The monoisotopic (exact) mass is 418 g/mol. The SMILES string of the molecule is COc1cc(CNC(=O)C2CN(C(=O)O[C@H]3CC(C)CC[C@H]3C(C)C)C2)ccc1O. The highest BCUT2D eigenvalue weighted by Crippen LogP contribution is 2.36. The van der Waals surface area contributed by atoms with E-state index in [0.717, 1.165) is 18.4 Å². The van der Waals surface area contributed by atoms with Gasteiger partial charge in [0.15, 0.2) is 11.5 Å². The Bertz CT molecular complexity index is 760. The molecule has 2 amide bonds. The largest absolute Gasteiger partial charge is 0.504 e. The summed E-state index contributed by atoms with van der Waals surface area (Å²) in [6.45, 7) is 7.71. The number of benzene rings is 1. The summed E-state index contributed by atoms with van der Waals surface area (Å²) in [5.41, 5.74) is 0.833. The van der Waals surface area contributed by atoms with Gasteiger partial charge in [-0.15, -0.1) is 0 Å². The lowest BCUT2D eigenvalue weighted by molar-refractivity contribution is -0.130. The molecule has 1 aliphatic heterocycles. The van der Waals surface area contributed by atoms with Gasteiger partial charge in [0.25, 0.3) is 0 Å². The summed E-state index contributed by atoms with van der Waals surface area (Å²) in [5, 5.41) is 12.5. The summed E-state index contributed by atoms with van der Waals surface area (Å²) in [6.07, 6.45) is 2.88. The van der Waals surface area contributed by atoms with Crippen LogP contribution in [0.5, 0.6) is 11.5 Å². The van der Waals surface area contributed by atoms with Crippen LogP contribution in [0.1, 0.15) is 45.6 Å². The lowest BCUT2D eigenvalue weighted by Gasteiger charge is -2.41. The normalized spacial score (nSPS) is 24.3. The second-order valence-corrected chi connectivity index (χ2v) is 9.07. The number of amides is 2. The molecule has 1 aliphatic carbocycles. The molecule has 3 atom stereocenters. The number of aromatic hydroxyl groups is 1. The first-order chi connectivity index (χ1) is 14.3.